The molecule has 0 bridgehead atoms. The van der Waals surface area contributed by atoms with Gasteiger partial charge in [0.1, 0.15) is 23.5 Å². The second kappa shape index (κ2) is 7.35. The fraction of sp³-hybridized carbons (Fsp3) is 0.118. The molecule has 3 aromatic rings. The van der Waals surface area contributed by atoms with E-state index in [4.69, 9.17) is 15.2 Å². The van der Waals surface area contributed by atoms with Crippen molar-refractivity contribution in [3.8, 4) is 11.5 Å². The van der Waals surface area contributed by atoms with Crippen molar-refractivity contribution in [2.45, 2.75) is 0 Å². The molecule has 0 saturated carbocycles. The van der Waals surface area contributed by atoms with E-state index in [9.17, 15) is 0 Å². The summed E-state index contributed by atoms with van der Waals surface area (Å²) in [4.78, 5) is 12.4. The average molecular weight is 338 g/mol. The summed E-state index contributed by atoms with van der Waals surface area (Å²) >= 11 is 0. The maximum absolute atomic E-state index is 6.20. The van der Waals surface area contributed by atoms with E-state index < -0.39 is 0 Å². The molecule has 3 rings (SSSR count). The van der Waals surface area contributed by atoms with Gasteiger partial charge >= 0.3 is 0 Å². The third kappa shape index (κ3) is 3.69. The lowest BCUT2D eigenvalue weighted by Crippen LogP contribution is -2.06. The van der Waals surface area contributed by atoms with Crippen molar-refractivity contribution < 1.29 is 9.47 Å². The lowest BCUT2D eigenvalue weighted by molar-refractivity contribution is 0.405. The quantitative estimate of drug-likeness (QED) is 0.630. The highest BCUT2D eigenvalue weighted by Gasteiger charge is 2.12. The van der Waals surface area contributed by atoms with Crippen molar-refractivity contribution in [2.24, 2.45) is 0 Å². The molecular formula is C17H18N6O2. The van der Waals surface area contributed by atoms with E-state index in [0.29, 0.717) is 34.5 Å². The highest BCUT2D eigenvalue weighted by Crippen LogP contribution is 2.34. The smallest absolute Gasteiger partial charge is 0.159 e. The summed E-state index contributed by atoms with van der Waals surface area (Å²) in [6.45, 7) is 0. The number of nitrogens with two attached hydrogens (primary N) is 1. The molecule has 0 radical (unpaired) electrons. The molecule has 0 aliphatic heterocycles. The second-order valence-electron chi connectivity index (χ2n) is 5.04. The van der Waals surface area contributed by atoms with Crippen LogP contribution in [0.25, 0.3) is 0 Å². The van der Waals surface area contributed by atoms with Crippen LogP contribution in [0.1, 0.15) is 0 Å². The standard InChI is InChI=1S/C17H18N6O2/c1-24-12-5-6-14(25-2)13(8-12)23-17-15(18)16(20-10-21-17)22-11-4-3-7-19-9-11/h3-10H,18H2,1-2H3,(H2,20,21,22,23). The molecule has 4 N–H and O–H groups in total. The van der Waals surface area contributed by atoms with Crippen molar-refractivity contribution in [2.75, 3.05) is 30.6 Å². The molecule has 2 aromatic heterocycles. The van der Waals surface area contributed by atoms with Crippen molar-refractivity contribution in [3.63, 3.8) is 0 Å². The van der Waals surface area contributed by atoms with E-state index in [2.05, 4.69) is 25.6 Å². The maximum atomic E-state index is 6.20. The Morgan fingerprint density at radius 1 is 1.00 bits per heavy atom. The molecule has 8 nitrogen and oxygen atoms in total. The number of ether oxygens (including phenoxy) is 2. The number of hydrogen-bond donors (Lipinski definition) is 3. The van der Waals surface area contributed by atoms with Crippen LogP contribution in [-0.4, -0.2) is 29.2 Å². The van der Waals surface area contributed by atoms with Gasteiger partial charge in [-0.25, -0.2) is 9.97 Å². The van der Waals surface area contributed by atoms with Gasteiger partial charge in [-0.2, -0.15) is 0 Å². The number of nitrogen functional groups attached to an aromatic ring is 1. The van der Waals surface area contributed by atoms with Gasteiger partial charge in [-0.15, -0.1) is 0 Å². The SMILES string of the molecule is COc1ccc(OC)c(Nc2ncnc(Nc3cccnc3)c2N)c1. The van der Waals surface area contributed by atoms with E-state index in [1.54, 1.807) is 38.7 Å². The lowest BCUT2D eigenvalue weighted by Gasteiger charge is -2.15. The first-order valence-electron chi connectivity index (χ1n) is 7.48. The van der Waals surface area contributed by atoms with Crippen LogP contribution in [-0.2, 0) is 0 Å². The molecule has 0 spiro atoms. The minimum Gasteiger partial charge on any atom is -0.497 e. The Balaban J connectivity index is 1.90. The lowest BCUT2D eigenvalue weighted by atomic mass is 10.2. The van der Waals surface area contributed by atoms with E-state index in [-0.39, 0.29) is 0 Å². The number of benzene rings is 1. The zero-order chi connectivity index (χ0) is 17.6. The van der Waals surface area contributed by atoms with Gasteiger partial charge in [-0.05, 0) is 24.3 Å². The van der Waals surface area contributed by atoms with Crippen LogP contribution < -0.4 is 25.8 Å². The van der Waals surface area contributed by atoms with Gasteiger partial charge in [-0.1, -0.05) is 0 Å². The van der Waals surface area contributed by atoms with Crippen molar-refractivity contribution in [1.82, 2.24) is 15.0 Å². The molecule has 8 heteroatoms. The first-order chi connectivity index (χ1) is 12.2. The van der Waals surface area contributed by atoms with E-state index in [1.807, 2.05) is 18.2 Å². The van der Waals surface area contributed by atoms with E-state index in [0.717, 1.165) is 5.69 Å². The first kappa shape index (κ1) is 16.3. The number of nitrogens with zero attached hydrogens (tertiary/aromatic N) is 3. The average Bonchev–Trinajstić information content (AvgIpc) is 2.65. The molecule has 0 aliphatic carbocycles. The number of anilines is 5. The Kier molecular flexibility index (Phi) is 4.79. The van der Waals surface area contributed by atoms with Crippen LogP contribution in [0.3, 0.4) is 0 Å². The van der Waals surface area contributed by atoms with Crippen LogP contribution in [0.4, 0.5) is 28.7 Å². The normalized spacial score (nSPS) is 10.2. The molecule has 128 valence electrons. The second-order valence-corrected chi connectivity index (χ2v) is 5.04. The molecule has 2 heterocycles. The topological polar surface area (TPSA) is 107 Å². The molecular weight excluding hydrogens is 320 g/mol. The van der Waals surface area contributed by atoms with Crippen LogP contribution in [0.2, 0.25) is 0 Å². The molecule has 25 heavy (non-hydrogen) atoms. The van der Waals surface area contributed by atoms with Gasteiger partial charge in [0.25, 0.3) is 0 Å². The summed E-state index contributed by atoms with van der Waals surface area (Å²) in [7, 11) is 3.19. The summed E-state index contributed by atoms with van der Waals surface area (Å²) in [6.07, 6.45) is 4.79. The maximum Gasteiger partial charge on any atom is 0.159 e. The zero-order valence-electron chi connectivity index (χ0n) is 13.9. The van der Waals surface area contributed by atoms with Gasteiger partial charge in [0.2, 0.25) is 0 Å². The molecule has 0 atom stereocenters. The molecule has 0 saturated heterocycles. The van der Waals surface area contributed by atoms with Gasteiger partial charge in [0, 0.05) is 12.3 Å². The number of methoxy groups -OCH3 is 2. The number of hydrogen-bond acceptors (Lipinski definition) is 8. The number of rotatable bonds is 6. The predicted molar refractivity (Wildman–Crippen MR) is 96.8 cm³/mol. The summed E-state index contributed by atoms with van der Waals surface area (Å²) in [6, 6.07) is 9.09. The molecule has 0 fully saturated rings. The Bertz CT molecular complexity index is 857. The molecule has 1 aromatic carbocycles. The van der Waals surface area contributed by atoms with Gasteiger partial charge < -0.3 is 25.8 Å². The monoisotopic (exact) mass is 338 g/mol. The minimum atomic E-state index is 0.372. The largest absolute Gasteiger partial charge is 0.497 e. The van der Waals surface area contributed by atoms with Crippen LogP contribution in [0.15, 0.2) is 49.1 Å². The first-order valence-corrected chi connectivity index (χ1v) is 7.48. The zero-order valence-corrected chi connectivity index (χ0v) is 13.9. The molecule has 0 unspecified atom stereocenters. The third-order valence-electron chi connectivity index (χ3n) is 3.47. The summed E-state index contributed by atoms with van der Waals surface area (Å²) in [5.74, 6) is 2.26. The number of nitrogens with one attached hydrogen (secondary N) is 2. The Morgan fingerprint density at radius 2 is 1.80 bits per heavy atom. The number of aromatic nitrogens is 3. The fourth-order valence-electron chi connectivity index (χ4n) is 2.21. The molecule has 0 amide bonds. The highest BCUT2D eigenvalue weighted by atomic mass is 16.5. The van der Waals surface area contributed by atoms with Gasteiger partial charge in [0.15, 0.2) is 11.6 Å². The van der Waals surface area contributed by atoms with E-state index >= 15 is 0 Å². The van der Waals surface area contributed by atoms with E-state index in [1.165, 1.54) is 6.33 Å². The molecule has 0 aliphatic rings. The van der Waals surface area contributed by atoms with Crippen molar-refractivity contribution in [3.05, 3.63) is 49.1 Å². The Morgan fingerprint density at radius 3 is 2.48 bits per heavy atom. The van der Waals surface area contributed by atoms with Crippen molar-refractivity contribution >= 4 is 28.7 Å². The predicted octanol–water partition coefficient (Wildman–Crippen LogP) is 2.96. The summed E-state index contributed by atoms with van der Waals surface area (Å²) in [5.41, 5.74) is 8.03. The minimum absolute atomic E-state index is 0.372. The van der Waals surface area contributed by atoms with Crippen LogP contribution in [0, 0.1) is 0 Å². The van der Waals surface area contributed by atoms with Crippen LogP contribution >= 0.6 is 0 Å². The Hall–Kier alpha value is -3.55. The van der Waals surface area contributed by atoms with Gasteiger partial charge in [0.05, 0.1) is 31.8 Å². The number of pyridine rings is 1. The highest BCUT2D eigenvalue weighted by molar-refractivity contribution is 5.81. The summed E-state index contributed by atoms with van der Waals surface area (Å²) < 4.78 is 10.6. The fourth-order valence-corrected chi connectivity index (χ4v) is 2.21. The van der Waals surface area contributed by atoms with Gasteiger partial charge in [-0.3, -0.25) is 4.98 Å². The summed E-state index contributed by atoms with van der Waals surface area (Å²) in [5, 5.41) is 6.27. The van der Waals surface area contributed by atoms with Crippen molar-refractivity contribution in [1.29, 1.82) is 0 Å². The van der Waals surface area contributed by atoms with Crippen LogP contribution in [0.5, 0.6) is 11.5 Å². The third-order valence-corrected chi connectivity index (χ3v) is 3.47. The Labute approximate surface area is 145 Å².